The molecule has 5 rings (SSSR count). The number of furan rings is 1. The number of hydrogen-bond donors (Lipinski definition) is 1. The highest BCUT2D eigenvalue weighted by Gasteiger charge is 2.23. The third-order valence-corrected chi connectivity index (χ3v) is 8.15. The third-order valence-electron chi connectivity index (χ3n) is 5.99. The van der Waals surface area contributed by atoms with E-state index < -0.39 is 0 Å². The summed E-state index contributed by atoms with van der Waals surface area (Å²) in [5.41, 5.74) is 1.16. The standard InChI is InChI=1S/C22H25N3O3S2/c26-18(23-14-6-1-2-7-14)13-29-22-24-20-19(16-9-3-4-10-17(16)30-20)21(27)25(22)12-15-8-5-11-28-15/h5,8,11,14H,1-4,6-7,9-10,12-13H2,(H,23,26). The van der Waals surface area contributed by atoms with Crippen molar-refractivity contribution < 1.29 is 9.21 Å². The van der Waals surface area contributed by atoms with E-state index in [0.29, 0.717) is 23.5 Å². The van der Waals surface area contributed by atoms with Crippen LogP contribution in [-0.4, -0.2) is 27.3 Å². The van der Waals surface area contributed by atoms with Gasteiger partial charge in [-0.05, 0) is 56.2 Å². The van der Waals surface area contributed by atoms with E-state index in [0.717, 1.165) is 42.3 Å². The van der Waals surface area contributed by atoms with E-state index in [1.807, 2.05) is 12.1 Å². The molecule has 0 aromatic carbocycles. The summed E-state index contributed by atoms with van der Waals surface area (Å²) in [6.07, 6.45) is 10.4. The molecule has 30 heavy (non-hydrogen) atoms. The number of thiophene rings is 1. The Balaban J connectivity index is 1.47. The van der Waals surface area contributed by atoms with Gasteiger partial charge in [0, 0.05) is 10.9 Å². The summed E-state index contributed by atoms with van der Waals surface area (Å²) in [4.78, 5) is 32.9. The van der Waals surface area contributed by atoms with Crippen LogP contribution in [0.15, 0.2) is 32.8 Å². The lowest BCUT2D eigenvalue weighted by atomic mass is 9.97. The van der Waals surface area contributed by atoms with Gasteiger partial charge < -0.3 is 9.73 Å². The van der Waals surface area contributed by atoms with Crippen LogP contribution < -0.4 is 10.9 Å². The Hall–Kier alpha value is -2.06. The smallest absolute Gasteiger partial charge is 0.263 e. The summed E-state index contributed by atoms with van der Waals surface area (Å²) in [7, 11) is 0. The summed E-state index contributed by atoms with van der Waals surface area (Å²) in [5, 5.41) is 4.47. The maximum atomic E-state index is 13.5. The van der Waals surface area contributed by atoms with Crippen LogP contribution in [0.25, 0.3) is 10.2 Å². The highest BCUT2D eigenvalue weighted by atomic mass is 32.2. The number of amides is 1. The molecule has 158 valence electrons. The number of hydrogen-bond acceptors (Lipinski definition) is 6. The first-order valence-electron chi connectivity index (χ1n) is 10.7. The van der Waals surface area contributed by atoms with Crippen LogP contribution in [0.3, 0.4) is 0 Å². The van der Waals surface area contributed by atoms with Gasteiger partial charge in [-0.15, -0.1) is 11.3 Å². The van der Waals surface area contributed by atoms with Gasteiger partial charge in [0.25, 0.3) is 5.56 Å². The van der Waals surface area contributed by atoms with E-state index in [1.165, 1.54) is 41.5 Å². The summed E-state index contributed by atoms with van der Waals surface area (Å²) in [6, 6.07) is 3.98. The van der Waals surface area contributed by atoms with Crippen LogP contribution in [0.1, 0.15) is 54.7 Å². The van der Waals surface area contributed by atoms with Crippen molar-refractivity contribution in [3.63, 3.8) is 0 Å². The number of rotatable bonds is 6. The van der Waals surface area contributed by atoms with Crippen molar-refractivity contribution in [1.82, 2.24) is 14.9 Å². The van der Waals surface area contributed by atoms with Crippen molar-refractivity contribution in [2.45, 2.75) is 69.1 Å². The van der Waals surface area contributed by atoms with Crippen LogP contribution in [0.2, 0.25) is 0 Å². The van der Waals surface area contributed by atoms with Gasteiger partial charge in [0.15, 0.2) is 5.16 Å². The molecule has 0 atom stereocenters. The van der Waals surface area contributed by atoms with Crippen LogP contribution in [-0.2, 0) is 24.2 Å². The number of aryl methyl sites for hydroxylation is 2. The molecule has 0 unspecified atom stereocenters. The van der Waals surface area contributed by atoms with Gasteiger partial charge in [0.05, 0.1) is 23.9 Å². The van der Waals surface area contributed by atoms with E-state index in [9.17, 15) is 9.59 Å². The minimum atomic E-state index is -0.0190. The first-order chi connectivity index (χ1) is 14.7. The van der Waals surface area contributed by atoms with Gasteiger partial charge in [0.1, 0.15) is 10.6 Å². The number of fused-ring (bicyclic) bond motifs is 3. The van der Waals surface area contributed by atoms with Gasteiger partial charge in [-0.3, -0.25) is 14.2 Å². The summed E-state index contributed by atoms with van der Waals surface area (Å²) >= 11 is 2.98. The van der Waals surface area contributed by atoms with Crippen molar-refractivity contribution in [3.05, 3.63) is 45.0 Å². The van der Waals surface area contributed by atoms with Crippen molar-refractivity contribution in [2.24, 2.45) is 0 Å². The Morgan fingerprint density at radius 2 is 2.10 bits per heavy atom. The second kappa shape index (κ2) is 8.59. The highest BCUT2D eigenvalue weighted by molar-refractivity contribution is 7.99. The number of carbonyl (C=O) groups excluding carboxylic acids is 1. The van der Waals surface area contributed by atoms with Crippen molar-refractivity contribution in [3.8, 4) is 0 Å². The molecule has 2 aliphatic rings. The van der Waals surface area contributed by atoms with Gasteiger partial charge in [-0.25, -0.2) is 4.98 Å². The summed E-state index contributed by atoms with van der Waals surface area (Å²) in [5.74, 6) is 0.980. The molecule has 0 aliphatic heterocycles. The molecule has 3 aromatic rings. The molecular weight excluding hydrogens is 418 g/mol. The van der Waals surface area contributed by atoms with Gasteiger partial charge in [-0.2, -0.15) is 0 Å². The summed E-state index contributed by atoms with van der Waals surface area (Å²) in [6.45, 7) is 0.325. The Kier molecular flexibility index (Phi) is 5.69. The normalized spacial score (nSPS) is 16.8. The summed E-state index contributed by atoms with van der Waals surface area (Å²) < 4.78 is 7.17. The molecule has 1 amide bonds. The minimum Gasteiger partial charge on any atom is -0.467 e. The Morgan fingerprint density at radius 3 is 2.90 bits per heavy atom. The first-order valence-corrected chi connectivity index (χ1v) is 12.5. The minimum absolute atomic E-state index is 0.0104. The fraction of sp³-hybridized carbons (Fsp3) is 0.500. The largest absolute Gasteiger partial charge is 0.467 e. The van der Waals surface area contributed by atoms with Gasteiger partial charge in [-0.1, -0.05) is 24.6 Å². The Labute approximate surface area is 183 Å². The molecule has 1 fully saturated rings. The van der Waals surface area contributed by atoms with E-state index >= 15 is 0 Å². The highest BCUT2D eigenvalue weighted by Crippen LogP contribution is 2.34. The zero-order valence-electron chi connectivity index (χ0n) is 16.8. The SMILES string of the molecule is O=C(CSc1nc2sc3c(c2c(=O)n1Cc1ccco1)CCCC3)NC1CCCC1. The molecular formula is C22H25N3O3S2. The fourth-order valence-electron chi connectivity index (χ4n) is 4.50. The molecule has 0 saturated heterocycles. The maximum Gasteiger partial charge on any atom is 0.263 e. The number of thioether (sulfide) groups is 1. The van der Waals surface area contributed by atoms with Crippen LogP contribution >= 0.6 is 23.1 Å². The second-order valence-corrected chi connectivity index (χ2v) is 10.1. The maximum absolute atomic E-state index is 13.5. The van der Waals surface area contributed by atoms with E-state index in [4.69, 9.17) is 9.40 Å². The molecule has 3 heterocycles. The molecule has 1 N–H and O–H groups in total. The number of carbonyl (C=O) groups is 1. The van der Waals surface area contributed by atoms with E-state index in [2.05, 4.69) is 5.32 Å². The Bertz CT molecular complexity index is 1110. The van der Waals surface area contributed by atoms with E-state index in [-0.39, 0.29) is 17.2 Å². The predicted molar refractivity (Wildman–Crippen MR) is 119 cm³/mol. The first kappa shape index (κ1) is 19.9. The lowest BCUT2D eigenvalue weighted by Gasteiger charge is -2.14. The molecule has 0 bridgehead atoms. The molecule has 8 heteroatoms. The van der Waals surface area contributed by atoms with Crippen molar-refractivity contribution >= 4 is 39.2 Å². The van der Waals surface area contributed by atoms with E-state index in [1.54, 1.807) is 22.2 Å². The predicted octanol–water partition coefficient (Wildman–Crippen LogP) is 4.13. The molecule has 0 spiro atoms. The average molecular weight is 444 g/mol. The fourth-order valence-corrected chi connectivity index (χ4v) is 6.61. The topological polar surface area (TPSA) is 77.1 Å². The third kappa shape index (κ3) is 3.95. The molecule has 3 aromatic heterocycles. The zero-order valence-corrected chi connectivity index (χ0v) is 18.4. The number of nitrogens with one attached hydrogen (secondary N) is 1. The van der Waals surface area contributed by atoms with Gasteiger partial charge in [0.2, 0.25) is 5.91 Å². The quantitative estimate of drug-likeness (QED) is 0.458. The van der Waals surface area contributed by atoms with Gasteiger partial charge >= 0.3 is 0 Å². The van der Waals surface area contributed by atoms with Crippen molar-refractivity contribution in [2.75, 3.05) is 5.75 Å². The monoisotopic (exact) mass is 443 g/mol. The lowest BCUT2D eigenvalue weighted by molar-refractivity contribution is -0.119. The molecule has 6 nitrogen and oxygen atoms in total. The molecule has 1 saturated carbocycles. The number of nitrogens with zero attached hydrogens (tertiary/aromatic N) is 2. The molecule has 0 radical (unpaired) electrons. The Morgan fingerprint density at radius 1 is 1.27 bits per heavy atom. The second-order valence-electron chi connectivity index (χ2n) is 8.09. The lowest BCUT2D eigenvalue weighted by Crippen LogP contribution is -2.34. The van der Waals surface area contributed by atoms with Crippen LogP contribution in [0.5, 0.6) is 0 Å². The average Bonchev–Trinajstić information content (AvgIpc) is 3.49. The zero-order chi connectivity index (χ0) is 20.5. The number of aromatic nitrogens is 2. The van der Waals surface area contributed by atoms with Crippen molar-refractivity contribution in [1.29, 1.82) is 0 Å². The van der Waals surface area contributed by atoms with Crippen LogP contribution in [0, 0.1) is 0 Å². The van der Waals surface area contributed by atoms with Crippen LogP contribution in [0.4, 0.5) is 0 Å². The molecule has 2 aliphatic carbocycles.